The molecular formula is C20H22ClN3OS. The number of nitrogens with zero attached hydrogens (tertiary/aromatic N) is 3. The Morgan fingerprint density at radius 1 is 1.04 bits per heavy atom. The predicted octanol–water partition coefficient (Wildman–Crippen LogP) is 5.44. The molecule has 0 amide bonds. The first-order chi connectivity index (χ1) is 12.6. The molecule has 0 aliphatic carbocycles. The van der Waals surface area contributed by atoms with Crippen LogP contribution in [0.3, 0.4) is 0 Å². The molecule has 0 saturated heterocycles. The van der Waals surface area contributed by atoms with Crippen molar-refractivity contribution in [2.45, 2.75) is 44.8 Å². The molecule has 1 heterocycles. The molecule has 26 heavy (non-hydrogen) atoms. The third-order valence-electron chi connectivity index (χ3n) is 4.04. The Morgan fingerprint density at radius 2 is 1.77 bits per heavy atom. The van der Waals surface area contributed by atoms with Crippen molar-refractivity contribution in [3.05, 3.63) is 70.0 Å². The van der Waals surface area contributed by atoms with E-state index in [4.69, 9.17) is 16.3 Å². The second kappa shape index (κ2) is 8.60. The second-order valence-electron chi connectivity index (χ2n) is 6.14. The fourth-order valence-electron chi connectivity index (χ4n) is 2.55. The summed E-state index contributed by atoms with van der Waals surface area (Å²) in [6, 6.07) is 14.3. The molecule has 0 aliphatic rings. The average molecular weight is 388 g/mol. The molecule has 0 aliphatic heterocycles. The second-order valence-corrected chi connectivity index (χ2v) is 7.49. The fourth-order valence-corrected chi connectivity index (χ4v) is 3.70. The molecule has 0 N–H and O–H groups in total. The Morgan fingerprint density at radius 3 is 2.50 bits per heavy atom. The summed E-state index contributed by atoms with van der Waals surface area (Å²) >= 11 is 7.88. The number of benzene rings is 2. The lowest BCUT2D eigenvalue weighted by molar-refractivity contribution is 0.288. The maximum Gasteiger partial charge on any atom is 0.191 e. The van der Waals surface area contributed by atoms with Crippen LogP contribution in [-0.2, 0) is 18.9 Å². The molecule has 0 spiro atoms. The van der Waals surface area contributed by atoms with Gasteiger partial charge in [-0.3, -0.25) is 0 Å². The highest BCUT2D eigenvalue weighted by molar-refractivity contribution is 7.98. The molecule has 1 aromatic heterocycles. The van der Waals surface area contributed by atoms with E-state index in [1.54, 1.807) is 11.8 Å². The standard InChI is InChI=1S/C20H22ClN3OS/c1-4-24-19(12-25-18-11-15(3)7-10-17(18)21)22-23-20(24)26-13-16-8-5-14(2)6-9-16/h5-11H,4,12-13H2,1-3H3. The van der Waals surface area contributed by atoms with E-state index in [0.29, 0.717) is 17.4 Å². The summed E-state index contributed by atoms with van der Waals surface area (Å²) in [5.74, 6) is 2.34. The van der Waals surface area contributed by atoms with Crippen molar-refractivity contribution in [1.82, 2.24) is 14.8 Å². The van der Waals surface area contributed by atoms with Gasteiger partial charge in [-0.15, -0.1) is 10.2 Å². The highest BCUT2D eigenvalue weighted by atomic mass is 35.5. The Kier molecular flexibility index (Phi) is 6.22. The van der Waals surface area contributed by atoms with E-state index in [1.807, 2.05) is 25.1 Å². The SMILES string of the molecule is CCn1c(COc2cc(C)ccc2Cl)nnc1SCc1ccc(C)cc1. The molecule has 0 unspecified atom stereocenters. The minimum absolute atomic E-state index is 0.342. The molecular weight excluding hydrogens is 366 g/mol. The van der Waals surface area contributed by atoms with Crippen molar-refractivity contribution in [2.75, 3.05) is 0 Å². The maximum absolute atomic E-state index is 6.20. The van der Waals surface area contributed by atoms with Gasteiger partial charge in [-0.2, -0.15) is 0 Å². The first-order valence-corrected chi connectivity index (χ1v) is 9.92. The third-order valence-corrected chi connectivity index (χ3v) is 5.39. The van der Waals surface area contributed by atoms with E-state index in [-0.39, 0.29) is 0 Å². The monoisotopic (exact) mass is 387 g/mol. The minimum Gasteiger partial charge on any atom is -0.484 e. The van der Waals surface area contributed by atoms with E-state index in [1.165, 1.54) is 11.1 Å². The Balaban J connectivity index is 1.67. The number of ether oxygens (including phenoxy) is 1. The zero-order valence-electron chi connectivity index (χ0n) is 15.2. The number of hydrogen-bond donors (Lipinski definition) is 0. The topological polar surface area (TPSA) is 39.9 Å². The smallest absolute Gasteiger partial charge is 0.191 e. The molecule has 0 atom stereocenters. The van der Waals surface area contributed by atoms with Gasteiger partial charge in [-0.1, -0.05) is 59.3 Å². The summed E-state index contributed by atoms with van der Waals surface area (Å²) in [5.41, 5.74) is 3.65. The lowest BCUT2D eigenvalue weighted by Crippen LogP contribution is -2.07. The van der Waals surface area contributed by atoms with E-state index >= 15 is 0 Å². The number of hydrogen-bond acceptors (Lipinski definition) is 4. The quantitative estimate of drug-likeness (QED) is 0.506. The lowest BCUT2D eigenvalue weighted by Gasteiger charge is -2.10. The summed E-state index contributed by atoms with van der Waals surface area (Å²) < 4.78 is 7.96. The van der Waals surface area contributed by atoms with Gasteiger partial charge in [0.05, 0.1) is 5.02 Å². The number of aromatic nitrogens is 3. The third kappa shape index (κ3) is 4.59. The largest absolute Gasteiger partial charge is 0.484 e. The van der Waals surface area contributed by atoms with E-state index < -0.39 is 0 Å². The van der Waals surface area contributed by atoms with Crippen LogP contribution >= 0.6 is 23.4 Å². The number of thioether (sulfide) groups is 1. The van der Waals surface area contributed by atoms with Crippen molar-refractivity contribution >= 4 is 23.4 Å². The summed E-state index contributed by atoms with van der Waals surface area (Å²) in [7, 11) is 0. The average Bonchev–Trinajstić information content (AvgIpc) is 3.04. The van der Waals surface area contributed by atoms with Crippen molar-refractivity contribution in [3.63, 3.8) is 0 Å². The van der Waals surface area contributed by atoms with Gasteiger partial charge < -0.3 is 9.30 Å². The van der Waals surface area contributed by atoms with Gasteiger partial charge in [0.15, 0.2) is 11.0 Å². The van der Waals surface area contributed by atoms with Crippen molar-refractivity contribution in [1.29, 1.82) is 0 Å². The fraction of sp³-hybridized carbons (Fsp3) is 0.300. The summed E-state index contributed by atoms with van der Waals surface area (Å²) in [4.78, 5) is 0. The van der Waals surface area contributed by atoms with E-state index in [2.05, 4.69) is 52.9 Å². The van der Waals surface area contributed by atoms with Gasteiger partial charge >= 0.3 is 0 Å². The highest BCUT2D eigenvalue weighted by Gasteiger charge is 2.13. The molecule has 0 saturated carbocycles. The summed E-state index contributed by atoms with van der Waals surface area (Å²) in [6.45, 7) is 7.33. The molecule has 4 nitrogen and oxygen atoms in total. The normalized spacial score (nSPS) is 10.9. The van der Waals surface area contributed by atoms with Crippen molar-refractivity contribution < 1.29 is 4.74 Å². The van der Waals surface area contributed by atoms with Gasteiger partial charge in [0.25, 0.3) is 0 Å². The number of halogens is 1. The zero-order chi connectivity index (χ0) is 18.5. The van der Waals surface area contributed by atoms with Gasteiger partial charge in [0.1, 0.15) is 12.4 Å². The zero-order valence-corrected chi connectivity index (χ0v) is 16.8. The first kappa shape index (κ1) is 18.8. The lowest BCUT2D eigenvalue weighted by atomic mass is 10.2. The Labute approximate surface area is 163 Å². The van der Waals surface area contributed by atoms with E-state index in [9.17, 15) is 0 Å². The molecule has 136 valence electrons. The van der Waals surface area contributed by atoms with Crippen LogP contribution in [0.1, 0.15) is 29.4 Å². The maximum atomic E-state index is 6.20. The van der Waals surface area contributed by atoms with Crippen molar-refractivity contribution in [3.8, 4) is 5.75 Å². The molecule has 0 radical (unpaired) electrons. The van der Waals surface area contributed by atoms with Crippen molar-refractivity contribution in [2.24, 2.45) is 0 Å². The Bertz CT molecular complexity index is 877. The molecule has 0 fully saturated rings. The van der Waals surface area contributed by atoms with Crippen LogP contribution in [0, 0.1) is 13.8 Å². The van der Waals surface area contributed by atoms with Crippen LogP contribution in [0.15, 0.2) is 47.6 Å². The van der Waals surface area contributed by atoms with Crippen LogP contribution in [0.2, 0.25) is 5.02 Å². The summed E-state index contributed by atoms with van der Waals surface area (Å²) in [5, 5.41) is 10.1. The van der Waals surface area contributed by atoms with Crippen LogP contribution in [0.5, 0.6) is 5.75 Å². The number of aryl methyl sites for hydroxylation is 2. The molecule has 3 aromatic rings. The first-order valence-electron chi connectivity index (χ1n) is 8.56. The molecule has 3 rings (SSSR count). The van der Waals surface area contributed by atoms with Gasteiger partial charge in [-0.25, -0.2) is 0 Å². The van der Waals surface area contributed by atoms with Gasteiger partial charge in [0, 0.05) is 12.3 Å². The van der Waals surface area contributed by atoms with Crippen LogP contribution in [-0.4, -0.2) is 14.8 Å². The van der Waals surface area contributed by atoms with Crippen LogP contribution in [0.4, 0.5) is 0 Å². The highest BCUT2D eigenvalue weighted by Crippen LogP contribution is 2.27. The molecule has 6 heteroatoms. The van der Waals surface area contributed by atoms with Gasteiger partial charge in [0.2, 0.25) is 0 Å². The van der Waals surface area contributed by atoms with E-state index in [0.717, 1.165) is 28.8 Å². The van der Waals surface area contributed by atoms with Gasteiger partial charge in [-0.05, 0) is 44.0 Å². The van der Waals surface area contributed by atoms with Crippen LogP contribution in [0.25, 0.3) is 0 Å². The molecule has 2 aromatic carbocycles. The number of rotatable bonds is 7. The summed E-state index contributed by atoms with van der Waals surface area (Å²) in [6.07, 6.45) is 0. The minimum atomic E-state index is 0.342. The Hall–Kier alpha value is -1.98. The van der Waals surface area contributed by atoms with Crippen LogP contribution < -0.4 is 4.74 Å². The predicted molar refractivity (Wildman–Crippen MR) is 107 cm³/mol. The molecule has 0 bridgehead atoms.